The summed E-state index contributed by atoms with van der Waals surface area (Å²) in [7, 11) is 0. The highest BCUT2D eigenvalue weighted by Gasteiger charge is 2.28. The van der Waals surface area contributed by atoms with Gasteiger partial charge in [-0.1, -0.05) is 24.3 Å². The maximum atomic E-state index is 12.6. The van der Waals surface area contributed by atoms with E-state index in [-0.39, 0.29) is 24.0 Å². The van der Waals surface area contributed by atoms with Crippen molar-refractivity contribution in [3.63, 3.8) is 0 Å². The molecule has 1 fully saturated rings. The lowest BCUT2D eigenvalue weighted by Gasteiger charge is -2.31. The van der Waals surface area contributed by atoms with Crippen LogP contribution in [0.5, 0.6) is 0 Å². The van der Waals surface area contributed by atoms with Crippen LogP contribution in [-0.2, 0) is 4.79 Å². The van der Waals surface area contributed by atoms with Crippen molar-refractivity contribution >= 4 is 17.6 Å². The van der Waals surface area contributed by atoms with Gasteiger partial charge in [0.05, 0.1) is 12.6 Å². The van der Waals surface area contributed by atoms with E-state index < -0.39 is 12.0 Å². The summed E-state index contributed by atoms with van der Waals surface area (Å²) in [5.74, 6) is -1.09. The number of aromatic nitrogens is 2. The molecule has 140 valence electrons. The Balaban J connectivity index is 1.70. The second-order valence-electron chi connectivity index (χ2n) is 6.29. The van der Waals surface area contributed by atoms with Gasteiger partial charge >= 0.3 is 5.97 Å². The number of carboxylic acids is 1. The number of benzene rings is 1. The number of carboxylic acid groups (broad SMARTS) is 1. The molecule has 0 radical (unpaired) electrons. The number of nitrogens with one attached hydrogen (secondary N) is 2. The van der Waals surface area contributed by atoms with Crippen molar-refractivity contribution in [2.24, 2.45) is 5.73 Å². The predicted octanol–water partition coefficient (Wildman–Crippen LogP) is -0.0312. The number of carbonyl (C=O) groups is 2. The third-order valence-corrected chi connectivity index (χ3v) is 4.34. The van der Waals surface area contributed by atoms with Gasteiger partial charge in [-0.15, -0.1) is 0 Å². The number of rotatable bonds is 6. The molecule has 1 unspecified atom stereocenters. The second kappa shape index (κ2) is 8.02. The molecule has 0 amide bonds. The Morgan fingerprint density at radius 2 is 1.89 bits per heavy atom. The number of aliphatic carboxylic acids is 1. The summed E-state index contributed by atoms with van der Waals surface area (Å²) in [6, 6.07) is 6.56. The van der Waals surface area contributed by atoms with Gasteiger partial charge in [0.1, 0.15) is 5.84 Å². The van der Waals surface area contributed by atoms with E-state index in [1.165, 1.54) is 0 Å². The predicted molar refractivity (Wildman–Crippen MR) is 98.7 cm³/mol. The molecule has 2 heterocycles. The number of hydrogen-bond acceptors (Lipinski definition) is 7. The smallest absolute Gasteiger partial charge is 0.317 e. The number of piperazine rings is 1. The molecular weight excluding hydrogens is 348 g/mol. The van der Waals surface area contributed by atoms with E-state index in [2.05, 4.69) is 15.3 Å². The van der Waals surface area contributed by atoms with Crippen molar-refractivity contribution in [1.82, 2.24) is 20.2 Å². The zero-order valence-electron chi connectivity index (χ0n) is 14.6. The van der Waals surface area contributed by atoms with Crippen molar-refractivity contribution in [3.05, 3.63) is 48.0 Å². The van der Waals surface area contributed by atoms with Gasteiger partial charge in [-0.25, -0.2) is 9.97 Å². The van der Waals surface area contributed by atoms with E-state index in [9.17, 15) is 9.59 Å². The number of nitrogens with zero attached hydrogens (tertiary/aromatic N) is 3. The van der Waals surface area contributed by atoms with Gasteiger partial charge in [0.15, 0.2) is 5.82 Å². The number of amidine groups is 1. The zero-order valence-corrected chi connectivity index (χ0v) is 14.6. The van der Waals surface area contributed by atoms with Crippen molar-refractivity contribution in [2.45, 2.75) is 6.04 Å². The first-order chi connectivity index (χ1) is 12.9. The number of hydrogen-bond donors (Lipinski definition) is 4. The summed E-state index contributed by atoms with van der Waals surface area (Å²) in [6.45, 7) is 1.32. The quantitative estimate of drug-likeness (QED) is 0.316. The van der Waals surface area contributed by atoms with Gasteiger partial charge in [-0.2, -0.15) is 0 Å². The summed E-state index contributed by atoms with van der Waals surface area (Å²) in [6.07, 6.45) is 3.14. The molecular formula is C18H20N6O3. The van der Waals surface area contributed by atoms with E-state index in [0.29, 0.717) is 25.2 Å². The van der Waals surface area contributed by atoms with Crippen LogP contribution in [0, 0.1) is 5.41 Å². The first-order valence-electron chi connectivity index (χ1n) is 8.42. The molecule has 3 rings (SSSR count). The highest BCUT2D eigenvalue weighted by atomic mass is 16.4. The van der Waals surface area contributed by atoms with E-state index in [1.54, 1.807) is 29.4 Å². The fraction of sp³-hybridized carbons (Fsp3) is 0.278. The molecule has 0 spiro atoms. The summed E-state index contributed by atoms with van der Waals surface area (Å²) in [5.41, 5.74) is 7.66. The number of carbonyl (C=O) groups excluding carboxylic acids is 1. The molecule has 1 aliphatic heterocycles. The Labute approximate surface area is 155 Å². The van der Waals surface area contributed by atoms with Crippen LogP contribution < -0.4 is 11.1 Å². The molecule has 1 aromatic carbocycles. The maximum Gasteiger partial charge on any atom is 0.317 e. The Morgan fingerprint density at radius 3 is 2.48 bits per heavy atom. The molecule has 1 aromatic heterocycles. The molecule has 1 saturated heterocycles. The topological polar surface area (TPSA) is 145 Å². The summed E-state index contributed by atoms with van der Waals surface area (Å²) in [5, 5.41) is 19.4. The molecule has 0 aliphatic carbocycles. The van der Waals surface area contributed by atoms with Crippen molar-refractivity contribution in [3.8, 4) is 11.1 Å². The van der Waals surface area contributed by atoms with Crippen LogP contribution >= 0.6 is 0 Å². The first kappa shape index (κ1) is 18.6. The second-order valence-corrected chi connectivity index (χ2v) is 6.29. The number of nitrogen functional groups attached to an aromatic ring is 1. The molecule has 9 heteroatoms. The van der Waals surface area contributed by atoms with Crippen LogP contribution in [0.1, 0.15) is 16.2 Å². The van der Waals surface area contributed by atoms with E-state index in [0.717, 1.165) is 11.1 Å². The molecule has 0 saturated carbocycles. The summed E-state index contributed by atoms with van der Waals surface area (Å²) >= 11 is 0. The van der Waals surface area contributed by atoms with Gasteiger partial charge in [-0.3, -0.25) is 19.9 Å². The van der Waals surface area contributed by atoms with E-state index >= 15 is 0 Å². The minimum atomic E-state index is -0.917. The average molecular weight is 368 g/mol. The van der Waals surface area contributed by atoms with Crippen LogP contribution in [0.3, 0.4) is 0 Å². The number of ketones is 1. The summed E-state index contributed by atoms with van der Waals surface area (Å²) in [4.78, 5) is 33.5. The molecule has 1 aliphatic rings. The number of Topliss-reactive ketones (excluding diaryl/α,β-unsaturated/α-hetero) is 1. The van der Waals surface area contributed by atoms with Crippen molar-refractivity contribution < 1.29 is 14.7 Å². The zero-order chi connectivity index (χ0) is 19.4. The Hall–Kier alpha value is -3.17. The van der Waals surface area contributed by atoms with Crippen LogP contribution in [-0.4, -0.2) is 69.8 Å². The fourth-order valence-corrected chi connectivity index (χ4v) is 2.92. The van der Waals surface area contributed by atoms with Gasteiger partial charge in [-0.05, 0) is 5.56 Å². The van der Waals surface area contributed by atoms with Gasteiger partial charge in [0.25, 0.3) is 0 Å². The van der Waals surface area contributed by atoms with Crippen LogP contribution in [0.25, 0.3) is 11.1 Å². The van der Waals surface area contributed by atoms with Gasteiger partial charge in [0.2, 0.25) is 5.78 Å². The standard InChI is InChI=1S/C18H20N6O3/c19-17(20)12-3-1-11(2-4-12)13-7-22-18(23-8-13)16(27)14-9-24(6-5-21-14)10-15(25)26/h1-4,7-8,14,21H,5-6,9-10H2,(H3,19,20)(H,25,26). The Kier molecular flexibility index (Phi) is 5.53. The van der Waals surface area contributed by atoms with Gasteiger partial charge < -0.3 is 16.2 Å². The molecule has 9 nitrogen and oxygen atoms in total. The lowest BCUT2D eigenvalue weighted by molar-refractivity contribution is -0.138. The van der Waals surface area contributed by atoms with Crippen LogP contribution in [0.4, 0.5) is 0 Å². The minimum Gasteiger partial charge on any atom is -0.480 e. The molecule has 0 bridgehead atoms. The fourth-order valence-electron chi connectivity index (χ4n) is 2.92. The van der Waals surface area contributed by atoms with E-state index in [4.69, 9.17) is 16.2 Å². The summed E-state index contributed by atoms with van der Waals surface area (Å²) < 4.78 is 0. The lowest BCUT2D eigenvalue weighted by Crippen LogP contribution is -2.55. The molecule has 1 atom stereocenters. The van der Waals surface area contributed by atoms with E-state index in [1.807, 2.05) is 12.1 Å². The lowest BCUT2D eigenvalue weighted by atomic mass is 10.1. The Morgan fingerprint density at radius 1 is 1.22 bits per heavy atom. The minimum absolute atomic E-state index is 0.00401. The van der Waals surface area contributed by atoms with Crippen molar-refractivity contribution in [2.75, 3.05) is 26.2 Å². The Bertz CT molecular complexity index is 850. The van der Waals surface area contributed by atoms with Crippen molar-refractivity contribution in [1.29, 1.82) is 5.41 Å². The normalized spacial score (nSPS) is 17.4. The monoisotopic (exact) mass is 368 g/mol. The van der Waals surface area contributed by atoms with Gasteiger partial charge in [0, 0.05) is 43.2 Å². The third kappa shape index (κ3) is 4.52. The first-order valence-corrected chi connectivity index (χ1v) is 8.42. The molecule has 2 aromatic rings. The highest BCUT2D eigenvalue weighted by Crippen LogP contribution is 2.18. The highest BCUT2D eigenvalue weighted by molar-refractivity contribution is 5.97. The van der Waals surface area contributed by atoms with Crippen LogP contribution in [0.2, 0.25) is 0 Å². The largest absolute Gasteiger partial charge is 0.480 e. The number of nitrogens with two attached hydrogens (primary N) is 1. The average Bonchev–Trinajstić information content (AvgIpc) is 2.67. The molecule has 27 heavy (non-hydrogen) atoms. The third-order valence-electron chi connectivity index (χ3n) is 4.34. The maximum absolute atomic E-state index is 12.6. The SMILES string of the molecule is N=C(N)c1ccc(-c2cnc(C(=O)C3CN(CC(=O)O)CCN3)nc2)cc1. The van der Waals surface area contributed by atoms with Crippen LogP contribution in [0.15, 0.2) is 36.7 Å². The molecule has 5 N–H and O–H groups in total.